The zero-order valence-corrected chi connectivity index (χ0v) is 22.1. The molecule has 188 valence electrons. The molecule has 39 heavy (non-hydrogen) atoms. The van der Waals surface area contributed by atoms with Crippen LogP contribution in [0.25, 0.3) is 28.7 Å². The van der Waals surface area contributed by atoms with Gasteiger partial charge in [0, 0.05) is 47.1 Å². The maximum absolute atomic E-state index is 2.33. The Morgan fingerprint density at radius 2 is 1.44 bits per heavy atom. The number of pyridine rings is 1. The smallest absolute Gasteiger partial charge is 0.218 e. The Labute approximate surface area is 230 Å². The number of anilines is 2. The molecule has 2 nitrogen and oxygen atoms in total. The van der Waals surface area contributed by atoms with E-state index in [1.165, 1.54) is 27.7 Å². The number of allylic oxidation sites excluding steroid dienone is 5. The van der Waals surface area contributed by atoms with E-state index in [9.17, 15) is 0 Å². The molecule has 1 aromatic heterocycles. The molecule has 0 N–H and O–H groups in total. The van der Waals surface area contributed by atoms with Crippen molar-refractivity contribution in [2.24, 2.45) is 0 Å². The Hall–Kier alpha value is -4.95. The van der Waals surface area contributed by atoms with Crippen LogP contribution < -0.4 is 9.47 Å². The number of hydrogen-bond donors (Lipinski definition) is 0. The van der Waals surface area contributed by atoms with Crippen LogP contribution in [0.2, 0.25) is 0 Å². The highest BCUT2D eigenvalue weighted by atomic mass is 15.2. The van der Waals surface area contributed by atoms with Crippen molar-refractivity contribution in [3.63, 3.8) is 0 Å². The number of fused-ring (bicyclic) bond motifs is 2. The first-order chi connectivity index (χ1) is 19.3. The Morgan fingerprint density at radius 3 is 2.26 bits per heavy atom. The first kappa shape index (κ1) is 24.4. The lowest BCUT2D eigenvalue weighted by molar-refractivity contribution is -0.569. The van der Waals surface area contributed by atoms with E-state index in [1.54, 1.807) is 0 Å². The maximum Gasteiger partial charge on any atom is 0.218 e. The van der Waals surface area contributed by atoms with Gasteiger partial charge in [0.2, 0.25) is 16.9 Å². The second kappa shape index (κ2) is 11.2. The Morgan fingerprint density at radius 1 is 0.718 bits per heavy atom. The number of rotatable bonds is 6. The monoisotopic (exact) mass is 503 g/mol. The molecular formula is C37H31N2+. The summed E-state index contributed by atoms with van der Waals surface area (Å²) in [5.41, 5.74) is 9.47. The summed E-state index contributed by atoms with van der Waals surface area (Å²) in [5.74, 6) is 0. The quantitative estimate of drug-likeness (QED) is 0.165. The first-order valence-electron chi connectivity index (χ1n) is 13.5. The molecule has 1 aliphatic rings. The van der Waals surface area contributed by atoms with E-state index in [4.69, 9.17) is 0 Å². The summed E-state index contributed by atoms with van der Waals surface area (Å²) in [5, 5.41) is 1.22. The van der Waals surface area contributed by atoms with Gasteiger partial charge >= 0.3 is 0 Å². The Kier molecular flexibility index (Phi) is 7.01. The van der Waals surface area contributed by atoms with Crippen LogP contribution in [0.4, 0.5) is 11.4 Å². The van der Waals surface area contributed by atoms with Gasteiger partial charge in [-0.3, -0.25) is 0 Å². The van der Waals surface area contributed by atoms with E-state index in [0.717, 1.165) is 29.2 Å². The molecule has 0 bridgehead atoms. The Bertz CT molecular complexity index is 1720. The summed E-state index contributed by atoms with van der Waals surface area (Å²) in [7, 11) is 0. The largest absolute Gasteiger partial charge is 0.310 e. The molecule has 0 saturated heterocycles. The highest BCUT2D eigenvalue weighted by molar-refractivity contribution is 5.83. The van der Waals surface area contributed by atoms with Crippen LogP contribution in [-0.4, -0.2) is 0 Å². The van der Waals surface area contributed by atoms with Gasteiger partial charge in [-0.05, 0) is 60.0 Å². The SMILES string of the molecule is CCC(/C=C/c1ccc2ccccc2[n+]1-c1ccccc1)=C\C=C1\C=Cc2ccccc2N1c1ccccc1. The zero-order chi connectivity index (χ0) is 26.4. The summed E-state index contributed by atoms with van der Waals surface area (Å²) in [6, 6.07) is 42.7. The van der Waals surface area contributed by atoms with Gasteiger partial charge in [0.05, 0.1) is 5.69 Å². The van der Waals surface area contributed by atoms with Crippen LogP contribution >= 0.6 is 0 Å². The van der Waals surface area contributed by atoms with E-state index in [2.05, 4.69) is 174 Å². The van der Waals surface area contributed by atoms with Gasteiger partial charge in [-0.1, -0.05) is 91.9 Å². The molecule has 0 radical (unpaired) electrons. The summed E-state index contributed by atoms with van der Waals surface area (Å²) >= 11 is 0. The van der Waals surface area contributed by atoms with Gasteiger partial charge in [-0.15, -0.1) is 0 Å². The standard InChI is InChI=1S/C37H31N2/c1-2-29(21-25-34-27-23-30-13-9-11-19-36(30)38(34)32-15-5-3-6-16-32)22-26-35-28-24-31-14-10-12-20-37(31)39(35)33-17-7-4-8-18-33/h3-28H,2H2,1H3/q+1. The van der Waals surface area contributed by atoms with Crippen LogP contribution in [0.1, 0.15) is 24.6 Å². The molecule has 0 unspecified atom stereocenters. The molecule has 0 aliphatic carbocycles. The summed E-state index contributed by atoms with van der Waals surface area (Å²) < 4.78 is 2.33. The van der Waals surface area contributed by atoms with Crippen LogP contribution in [0.3, 0.4) is 0 Å². The summed E-state index contributed by atoms with van der Waals surface area (Å²) in [6.07, 6.45) is 14.3. The van der Waals surface area contributed by atoms with E-state index in [0.29, 0.717) is 0 Å². The van der Waals surface area contributed by atoms with Crippen LogP contribution in [0.15, 0.2) is 157 Å². The first-order valence-corrected chi connectivity index (χ1v) is 13.5. The minimum Gasteiger partial charge on any atom is -0.310 e. The summed E-state index contributed by atoms with van der Waals surface area (Å²) in [4.78, 5) is 2.33. The molecule has 2 heterocycles. The third-order valence-corrected chi connectivity index (χ3v) is 7.11. The van der Waals surface area contributed by atoms with Crippen molar-refractivity contribution in [1.82, 2.24) is 0 Å². The van der Waals surface area contributed by atoms with E-state index < -0.39 is 0 Å². The molecule has 4 aromatic carbocycles. The lowest BCUT2D eigenvalue weighted by Crippen LogP contribution is -2.35. The number of benzene rings is 4. The maximum atomic E-state index is 2.33. The van der Waals surface area contributed by atoms with Crippen molar-refractivity contribution < 1.29 is 4.57 Å². The lowest BCUT2D eigenvalue weighted by Gasteiger charge is -2.30. The van der Waals surface area contributed by atoms with Crippen molar-refractivity contribution in [2.75, 3.05) is 4.90 Å². The molecule has 6 rings (SSSR count). The van der Waals surface area contributed by atoms with Gasteiger partial charge in [0.25, 0.3) is 0 Å². The van der Waals surface area contributed by atoms with Crippen LogP contribution in [-0.2, 0) is 0 Å². The average Bonchev–Trinajstić information content (AvgIpc) is 3.01. The molecule has 5 aromatic rings. The van der Waals surface area contributed by atoms with E-state index >= 15 is 0 Å². The van der Waals surface area contributed by atoms with Crippen molar-refractivity contribution in [2.45, 2.75) is 13.3 Å². The van der Waals surface area contributed by atoms with Crippen LogP contribution in [0, 0.1) is 0 Å². The Balaban J connectivity index is 1.38. The fraction of sp³-hybridized carbons (Fsp3) is 0.0541. The molecule has 2 heteroatoms. The third kappa shape index (κ3) is 5.10. The fourth-order valence-corrected chi connectivity index (χ4v) is 5.11. The number of para-hydroxylation sites is 4. The molecule has 0 saturated carbocycles. The third-order valence-electron chi connectivity index (χ3n) is 7.11. The zero-order valence-electron chi connectivity index (χ0n) is 22.1. The lowest BCUT2D eigenvalue weighted by atomic mass is 10.0. The van der Waals surface area contributed by atoms with Gasteiger partial charge in [-0.25, -0.2) is 0 Å². The highest BCUT2D eigenvalue weighted by Gasteiger charge is 2.19. The van der Waals surface area contributed by atoms with Gasteiger partial charge in [0.1, 0.15) is 0 Å². The molecule has 0 fully saturated rings. The summed E-state index contributed by atoms with van der Waals surface area (Å²) in [6.45, 7) is 2.21. The second-order valence-electron chi connectivity index (χ2n) is 9.57. The molecule has 1 aliphatic heterocycles. The van der Waals surface area contributed by atoms with E-state index in [1.807, 2.05) is 0 Å². The minimum absolute atomic E-state index is 0.935. The topological polar surface area (TPSA) is 7.12 Å². The number of hydrogen-bond acceptors (Lipinski definition) is 1. The molecule has 0 spiro atoms. The average molecular weight is 504 g/mol. The minimum atomic E-state index is 0.935. The molecular weight excluding hydrogens is 472 g/mol. The second-order valence-corrected chi connectivity index (χ2v) is 9.57. The van der Waals surface area contributed by atoms with E-state index in [-0.39, 0.29) is 0 Å². The van der Waals surface area contributed by atoms with Crippen LogP contribution in [0.5, 0.6) is 0 Å². The highest BCUT2D eigenvalue weighted by Crippen LogP contribution is 2.37. The number of aromatic nitrogens is 1. The van der Waals surface area contributed by atoms with Gasteiger partial charge in [-0.2, -0.15) is 4.57 Å². The van der Waals surface area contributed by atoms with Gasteiger partial charge < -0.3 is 4.90 Å². The molecule has 0 atom stereocenters. The normalized spacial score (nSPS) is 14.3. The predicted molar refractivity (Wildman–Crippen MR) is 165 cm³/mol. The predicted octanol–water partition coefficient (Wildman–Crippen LogP) is 9.22. The van der Waals surface area contributed by atoms with Crippen molar-refractivity contribution in [1.29, 1.82) is 0 Å². The molecule has 0 amide bonds. The number of nitrogens with zero attached hydrogens (tertiary/aromatic N) is 2. The van der Waals surface area contributed by atoms with Crippen molar-refractivity contribution >= 4 is 34.4 Å². The van der Waals surface area contributed by atoms with Gasteiger partial charge in [0.15, 0.2) is 0 Å². The fourth-order valence-electron chi connectivity index (χ4n) is 5.11. The van der Waals surface area contributed by atoms with Crippen molar-refractivity contribution in [3.8, 4) is 5.69 Å². The van der Waals surface area contributed by atoms with Crippen molar-refractivity contribution in [3.05, 3.63) is 168 Å².